The summed E-state index contributed by atoms with van der Waals surface area (Å²) in [7, 11) is 0. The predicted octanol–water partition coefficient (Wildman–Crippen LogP) is 3.23. The van der Waals surface area contributed by atoms with Crippen molar-refractivity contribution < 1.29 is 19.1 Å². The van der Waals surface area contributed by atoms with Crippen LogP contribution in [0, 0.1) is 17.2 Å². The molecular weight excluding hydrogens is 394 g/mol. The Morgan fingerprint density at radius 3 is 2.19 bits per heavy atom. The van der Waals surface area contributed by atoms with Gasteiger partial charge in [-0.05, 0) is 54.7 Å². The molecule has 1 atom stereocenters. The van der Waals surface area contributed by atoms with E-state index in [1.54, 1.807) is 26.0 Å². The van der Waals surface area contributed by atoms with E-state index in [1.807, 2.05) is 12.1 Å². The van der Waals surface area contributed by atoms with Gasteiger partial charge < -0.3 is 15.4 Å². The van der Waals surface area contributed by atoms with Gasteiger partial charge in [-0.1, -0.05) is 46.8 Å². The van der Waals surface area contributed by atoms with E-state index in [2.05, 4.69) is 37.5 Å². The number of hydrogen-bond donors (Lipinski definition) is 2. The van der Waals surface area contributed by atoms with Crippen molar-refractivity contribution in [2.45, 2.75) is 77.3 Å². The zero-order valence-corrected chi connectivity index (χ0v) is 19.1. The first-order valence-corrected chi connectivity index (χ1v) is 10.8. The first kappa shape index (κ1) is 24.4. The van der Waals surface area contributed by atoms with E-state index in [0.717, 1.165) is 18.4 Å². The highest BCUT2D eigenvalue weighted by Gasteiger charge is 2.36. The number of esters is 1. The lowest BCUT2D eigenvalue weighted by molar-refractivity contribution is -0.151. The van der Waals surface area contributed by atoms with Crippen LogP contribution in [0.25, 0.3) is 0 Å². The van der Waals surface area contributed by atoms with Gasteiger partial charge in [0.1, 0.15) is 11.6 Å². The molecule has 1 fully saturated rings. The fourth-order valence-corrected chi connectivity index (χ4v) is 3.62. The van der Waals surface area contributed by atoms with Crippen LogP contribution in [0.4, 0.5) is 0 Å². The Bertz CT molecular complexity index is 841. The Labute approximate surface area is 184 Å². The van der Waals surface area contributed by atoms with E-state index >= 15 is 0 Å². The van der Waals surface area contributed by atoms with Crippen LogP contribution in [-0.4, -0.2) is 36.0 Å². The fraction of sp³-hybridized carbons (Fsp3) is 0.583. The minimum atomic E-state index is -0.890. The summed E-state index contributed by atoms with van der Waals surface area (Å²) in [6, 6.07) is 8.54. The van der Waals surface area contributed by atoms with Gasteiger partial charge in [0.05, 0.1) is 6.07 Å². The molecule has 0 aromatic heterocycles. The van der Waals surface area contributed by atoms with Crippen molar-refractivity contribution in [3.05, 3.63) is 35.4 Å². The number of nitriles is 1. The number of rotatable bonds is 7. The molecule has 1 saturated carbocycles. The minimum Gasteiger partial charge on any atom is -0.454 e. The molecule has 1 unspecified atom stereocenters. The SMILES string of the molecule is CC(C)C(NC(=O)c1ccc(C(C)(C)C)cc1)C(=O)OCC(=O)NC1(C#N)CCCC1. The fourth-order valence-electron chi connectivity index (χ4n) is 3.62. The number of ether oxygens (including phenoxy) is 1. The van der Waals surface area contributed by atoms with Gasteiger partial charge in [-0.3, -0.25) is 9.59 Å². The van der Waals surface area contributed by atoms with E-state index < -0.39 is 30.1 Å². The smallest absolute Gasteiger partial charge is 0.329 e. The van der Waals surface area contributed by atoms with E-state index in [-0.39, 0.29) is 17.2 Å². The lowest BCUT2D eigenvalue weighted by atomic mass is 9.86. The molecule has 2 rings (SSSR count). The molecule has 7 heteroatoms. The Balaban J connectivity index is 1.95. The summed E-state index contributed by atoms with van der Waals surface area (Å²) in [6.07, 6.45) is 2.96. The first-order chi connectivity index (χ1) is 14.5. The normalized spacial score (nSPS) is 16.3. The molecule has 1 aliphatic rings. The van der Waals surface area contributed by atoms with Gasteiger partial charge >= 0.3 is 5.97 Å². The maximum Gasteiger partial charge on any atom is 0.329 e. The average molecular weight is 428 g/mol. The summed E-state index contributed by atoms with van der Waals surface area (Å²) >= 11 is 0. The van der Waals surface area contributed by atoms with Crippen LogP contribution in [-0.2, 0) is 19.7 Å². The second kappa shape index (κ2) is 9.95. The van der Waals surface area contributed by atoms with Crippen molar-refractivity contribution in [3.63, 3.8) is 0 Å². The number of amides is 2. The summed E-state index contributed by atoms with van der Waals surface area (Å²) in [5.74, 6) is -1.80. The van der Waals surface area contributed by atoms with Gasteiger partial charge in [0, 0.05) is 5.56 Å². The molecule has 0 heterocycles. The molecule has 31 heavy (non-hydrogen) atoms. The van der Waals surface area contributed by atoms with E-state index in [4.69, 9.17) is 4.74 Å². The van der Waals surface area contributed by atoms with Crippen molar-refractivity contribution in [3.8, 4) is 6.07 Å². The third-order valence-electron chi connectivity index (χ3n) is 5.62. The van der Waals surface area contributed by atoms with Gasteiger partial charge in [0.15, 0.2) is 6.61 Å². The van der Waals surface area contributed by atoms with Crippen LogP contribution < -0.4 is 10.6 Å². The van der Waals surface area contributed by atoms with Gasteiger partial charge in [-0.15, -0.1) is 0 Å². The second-order valence-electron chi connectivity index (χ2n) is 9.58. The summed E-state index contributed by atoms with van der Waals surface area (Å²) in [5.41, 5.74) is 0.658. The number of nitrogens with zero attached hydrogens (tertiary/aromatic N) is 1. The molecule has 0 spiro atoms. The van der Waals surface area contributed by atoms with Crippen molar-refractivity contribution in [2.24, 2.45) is 5.92 Å². The van der Waals surface area contributed by atoms with E-state index in [1.165, 1.54) is 0 Å². The molecule has 2 amide bonds. The molecule has 2 N–H and O–H groups in total. The lowest BCUT2D eigenvalue weighted by Gasteiger charge is -2.23. The van der Waals surface area contributed by atoms with Crippen LogP contribution in [0.15, 0.2) is 24.3 Å². The Hall–Kier alpha value is -2.88. The third-order valence-corrected chi connectivity index (χ3v) is 5.62. The molecule has 1 aromatic rings. The highest BCUT2D eigenvalue weighted by molar-refractivity contribution is 5.97. The number of carbonyl (C=O) groups is 3. The summed E-state index contributed by atoms with van der Waals surface area (Å²) < 4.78 is 5.15. The maximum atomic E-state index is 12.6. The quantitative estimate of drug-likeness (QED) is 0.650. The maximum absolute atomic E-state index is 12.6. The van der Waals surface area contributed by atoms with Crippen molar-refractivity contribution >= 4 is 17.8 Å². The van der Waals surface area contributed by atoms with Crippen LogP contribution in [0.2, 0.25) is 0 Å². The molecule has 7 nitrogen and oxygen atoms in total. The van der Waals surface area contributed by atoms with Gasteiger partial charge in [0.25, 0.3) is 11.8 Å². The monoisotopic (exact) mass is 427 g/mol. The molecular formula is C24H33N3O4. The summed E-state index contributed by atoms with van der Waals surface area (Å²) in [5, 5.41) is 14.7. The second-order valence-corrected chi connectivity index (χ2v) is 9.58. The third kappa shape index (κ3) is 6.55. The highest BCUT2D eigenvalue weighted by Crippen LogP contribution is 2.28. The van der Waals surface area contributed by atoms with Crippen molar-refractivity contribution in [1.82, 2.24) is 10.6 Å². The lowest BCUT2D eigenvalue weighted by Crippen LogP contribution is -2.49. The van der Waals surface area contributed by atoms with Gasteiger partial charge in [-0.2, -0.15) is 5.26 Å². The highest BCUT2D eigenvalue weighted by atomic mass is 16.5. The van der Waals surface area contributed by atoms with Crippen LogP contribution in [0.3, 0.4) is 0 Å². The van der Waals surface area contributed by atoms with Crippen molar-refractivity contribution in [2.75, 3.05) is 6.61 Å². The van der Waals surface area contributed by atoms with Crippen LogP contribution in [0.1, 0.15) is 76.2 Å². The topological polar surface area (TPSA) is 108 Å². The first-order valence-electron chi connectivity index (χ1n) is 10.8. The Morgan fingerprint density at radius 1 is 1.13 bits per heavy atom. The predicted molar refractivity (Wildman–Crippen MR) is 117 cm³/mol. The minimum absolute atomic E-state index is 0.0253. The summed E-state index contributed by atoms with van der Waals surface area (Å²) in [6.45, 7) is 9.37. The number of hydrogen-bond acceptors (Lipinski definition) is 5. The van der Waals surface area contributed by atoms with E-state index in [9.17, 15) is 19.6 Å². The molecule has 168 valence electrons. The van der Waals surface area contributed by atoms with Crippen LogP contribution >= 0.6 is 0 Å². The Morgan fingerprint density at radius 2 is 1.71 bits per heavy atom. The van der Waals surface area contributed by atoms with E-state index in [0.29, 0.717) is 18.4 Å². The number of nitrogens with one attached hydrogen (secondary N) is 2. The molecule has 0 aliphatic heterocycles. The number of carbonyl (C=O) groups excluding carboxylic acids is 3. The molecule has 1 aromatic carbocycles. The van der Waals surface area contributed by atoms with Gasteiger partial charge in [0.2, 0.25) is 0 Å². The zero-order valence-electron chi connectivity index (χ0n) is 19.1. The van der Waals surface area contributed by atoms with Gasteiger partial charge in [-0.25, -0.2) is 4.79 Å². The average Bonchev–Trinajstić information content (AvgIpc) is 3.18. The van der Waals surface area contributed by atoms with Crippen LogP contribution in [0.5, 0.6) is 0 Å². The zero-order chi connectivity index (χ0) is 23.2. The summed E-state index contributed by atoms with van der Waals surface area (Å²) in [4.78, 5) is 37.4. The Kier molecular flexibility index (Phi) is 7.83. The molecule has 1 aliphatic carbocycles. The standard InChI is InChI=1S/C24H33N3O4/c1-16(2)20(26-21(29)17-8-10-18(11-9-17)23(3,4)5)22(30)31-14-19(28)27-24(15-25)12-6-7-13-24/h8-11,16,20H,6-7,12-14H2,1-5H3,(H,26,29)(H,27,28). The molecule has 0 bridgehead atoms. The number of benzene rings is 1. The molecule has 0 saturated heterocycles. The molecule has 0 radical (unpaired) electrons. The van der Waals surface area contributed by atoms with Crippen molar-refractivity contribution in [1.29, 1.82) is 5.26 Å². The largest absolute Gasteiger partial charge is 0.454 e.